The Kier molecular flexibility index (Phi) is 4.96. The SMILES string of the molecule is COC(=O)c1cc(NC(=O)c2c(C)oc(-n3cccc3)c2C#N)c(F)cc1F. The Morgan fingerprint density at radius 2 is 1.89 bits per heavy atom. The third-order valence-corrected chi connectivity index (χ3v) is 3.95. The van der Waals surface area contributed by atoms with Crippen LogP contribution in [0.2, 0.25) is 0 Å². The molecule has 3 rings (SSSR count). The van der Waals surface area contributed by atoms with Gasteiger partial charge in [-0.05, 0) is 25.1 Å². The number of hydrogen-bond acceptors (Lipinski definition) is 5. The second kappa shape index (κ2) is 7.36. The number of nitrogens with one attached hydrogen (secondary N) is 1. The Balaban J connectivity index is 2.01. The van der Waals surface area contributed by atoms with E-state index >= 15 is 0 Å². The zero-order chi connectivity index (χ0) is 20.4. The highest BCUT2D eigenvalue weighted by molar-refractivity contribution is 6.07. The van der Waals surface area contributed by atoms with E-state index in [1.54, 1.807) is 24.5 Å². The number of aryl methyl sites for hydroxylation is 1. The fourth-order valence-electron chi connectivity index (χ4n) is 2.65. The van der Waals surface area contributed by atoms with E-state index in [1.165, 1.54) is 11.5 Å². The number of benzene rings is 1. The van der Waals surface area contributed by atoms with Crippen LogP contribution in [0.5, 0.6) is 0 Å². The molecule has 0 aliphatic heterocycles. The summed E-state index contributed by atoms with van der Waals surface area (Å²) in [5.41, 5.74) is -1.15. The van der Waals surface area contributed by atoms with E-state index in [0.717, 1.165) is 13.2 Å². The van der Waals surface area contributed by atoms with Crippen molar-refractivity contribution < 1.29 is 27.5 Å². The van der Waals surface area contributed by atoms with Crippen molar-refractivity contribution in [3.63, 3.8) is 0 Å². The molecule has 1 aromatic carbocycles. The quantitative estimate of drug-likeness (QED) is 0.693. The van der Waals surface area contributed by atoms with Gasteiger partial charge in [-0.3, -0.25) is 9.36 Å². The van der Waals surface area contributed by atoms with Crippen LogP contribution >= 0.6 is 0 Å². The Bertz CT molecular complexity index is 1110. The Hall–Kier alpha value is -3.93. The van der Waals surface area contributed by atoms with Gasteiger partial charge in [0.25, 0.3) is 5.91 Å². The number of furan rings is 1. The van der Waals surface area contributed by atoms with E-state index in [1.807, 2.05) is 6.07 Å². The first-order valence-electron chi connectivity index (χ1n) is 7.93. The maximum absolute atomic E-state index is 14.1. The van der Waals surface area contributed by atoms with Crippen molar-refractivity contribution >= 4 is 17.6 Å². The predicted octanol–water partition coefficient (Wildman–Crippen LogP) is 3.57. The van der Waals surface area contributed by atoms with Gasteiger partial charge in [-0.1, -0.05) is 0 Å². The summed E-state index contributed by atoms with van der Waals surface area (Å²) in [6, 6.07) is 6.60. The first-order valence-corrected chi connectivity index (χ1v) is 7.93. The summed E-state index contributed by atoms with van der Waals surface area (Å²) in [6.45, 7) is 1.48. The fourth-order valence-corrected chi connectivity index (χ4v) is 2.65. The Morgan fingerprint density at radius 1 is 1.21 bits per heavy atom. The van der Waals surface area contributed by atoms with E-state index in [-0.39, 0.29) is 22.8 Å². The molecule has 0 saturated carbocycles. The van der Waals surface area contributed by atoms with Gasteiger partial charge in [-0.2, -0.15) is 5.26 Å². The van der Waals surface area contributed by atoms with Crippen molar-refractivity contribution in [2.45, 2.75) is 6.92 Å². The van der Waals surface area contributed by atoms with Gasteiger partial charge in [0, 0.05) is 18.5 Å². The molecule has 0 aliphatic rings. The zero-order valence-electron chi connectivity index (χ0n) is 14.7. The molecule has 3 aromatic rings. The average molecular weight is 385 g/mol. The van der Waals surface area contributed by atoms with Crippen LogP contribution in [0.4, 0.5) is 14.5 Å². The van der Waals surface area contributed by atoms with Gasteiger partial charge in [0.05, 0.1) is 18.4 Å². The molecule has 0 radical (unpaired) electrons. The van der Waals surface area contributed by atoms with Crippen LogP contribution in [0.25, 0.3) is 5.88 Å². The molecule has 2 aromatic heterocycles. The molecular formula is C19H13F2N3O4. The summed E-state index contributed by atoms with van der Waals surface area (Å²) in [5, 5.41) is 11.7. The first-order chi connectivity index (χ1) is 13.4. The average Bonchev–Trinajstić information content (AvgIpc) is 3.30. The van der Waals surface area contributed by atoms with Gasteiger partial charge in [0.2, 0.25) is 5.88 Å². The second-order valence-corrected chi connectivity index (χ2v) is 5.67. The van der Waals surface area contributed by atoms with Crippen molar-refractivity contribution in [2.24, 2.45) is 0 Å². The minimum absolute atomic E-state index is 0.0538. The molecule has 7 nitrogen and oxygen atoms in total. The van der Waals surface area contributed by atoms with Gasteiger partial charge >= 0.3 is 5.97 Å². The molecule has 2 heterocycles. The van der Waals surface area contributed by atoms with Crippen LogP contribution < -0.4 is 5.32 Å². The maximum atomic E-state index is 14.1. The number of hydrogen-bond donors (Lipinski definition) is 1. The van der Waals surface area contributed by atoms with Crippen molar-refractivity contribution in [1.29, 1.82) is 5.26 Å². The number of carbonyl (C=O) groups is 2. The lowest BCUT2D eigenvalue weighted by Crippen LogP contribution is -2.16. The van der Waals surface area contributed by atoms with Gasteiger partial charge in [-0.15, -0.1) is 0 Å². The standard InChI is InChI=1S/C19H13F2N3O4/c1-10-16(12(9-22)18(28-10)24-5-3-4-6-24)17(25)23-15-7-11(19(26)27-2)13(20)8-14(15)21/h3-8H,1-2H3,(H,23,25). The molecule has 9 heteroatoms. The fraction of sp³-hybridized carbons (Fsp3) is 0.105. The van der Waals surface area contributed by atoms with Gasteiger partial charge < -0.3 is 14.5 Å². The van der Waals surface area contributed by atoms with Crippen LogP contribution in [0, 0.1) is 29.9 Å². The molecule has 1 amide bonds. The number of anilines is 1. The van der Waals surface area contributed by atoms with Crippen molar-refractivity contribution in [3.8, 4) is 12.0 Å². The first kappa shape index (κ1) is 18.8. The molecule has 1 N–H and O–H groups in total. The lowest BCUT2D eigenvalue weighted by atomic mass is 10.1. The number of ether oxygens (including phenoxy) is 1. The number of carbonyl (C=O) groups excluding carboxylic acids is 2. The topological polar surface area (TPSA) is 97.3 Å². The van der Waals surface area contributed by atoms with Crippen LogP contribution in [0.3, 0.4) is 0 Å². The molecule has 142 valence electrons. The zero-order valence-corrected chi connectivity index (χ0v) is 14.7. The predicted molar refractivity (Wildman–Crippen MR) is 93.1 cm³/mol. The monoisotopic (exact) mass is 385 g/mol. The van der Waals surface area contributed by atoms with Crippen molar-refractivity contribution in [3.05, 3.63) is 70.7 Å². The lowest BCUT2D eigenvalue weighted by molar-refractivity contribution is 0.0595. The van der Waals surface area contributed by atoms with E-state index < -0.39 is 34.8 Å². The third kappa shape index (κ3) is 3.23. The van der Waals surface area contributed by atoms with Gasteiger partial charge in [-0.25, -0.2) is 13.6 Å². The van der Waals surface area contributed by atoms with Crippen LogP contribution in [0.1, 0.15) is 32.0 Å². The number of nitriles is 1. The van der Waals surface area contributed by atoms with Crippen LogP contribution in [-0.4, -0.2) is 23.6 Å². The van der Waals surface area contributed by atoms with Crippen molar-refractivity contribution in [2.75, 3.05) is 12.4 Å². The summed E-state index contributed by atoms with van der Waals surface area (Å²) in [6.07, 6.45) is 3.26. The van der Waals surface area contributed by atoms with Crippen LogP contribution in [0.15, 0.2) is 41.1 Å². The summed E-state index contributed by atoms with van der Waals surface area (Å²) in [7, 11) is 1.04. The maximum Gasteiger partial charge on any atom is 0.340 e. The van der Waals surface area contributed by atoms with E-state index in [2.05, 4.69) is 10.1 Å². The molecular weight excluding hydrogens is 372 g/mol. The molecule has 0 atom stereocenters. The highest BCUT2D eigenvalue weighted by Gasteiger charge is 2.26. The third-order valence-electron chi connectivity index (χ3n) is 3.95. The molecule has 0 unspecified atom stereocenters. The number of methoxy groups -OCH3 is 1. The smallest absolute Gasteiger partial charge is 0.340 e. The molecule has 28 heavy (non-hydrogen) atoms. The molecule has 0 bridgehead atoms. The largest absolute Gasteiger partial charge is 0.465 e. The number of halogens is 2. The summed E-state index contributed by atoms with van der Waals surface area (Å²) >= 11 is 0. The summed E-state index contributed by atoms with van der Waals surface area (Å²) < 4.78 is 39.3. The number of amides is 1. The van der Waals surface area contributed by atoms with E-state index in [0.29, 0.717) is 6.07 Å². The van der Waals surface area contributed by atoms with Gasteiger partial charge in [0.15, 0.2) is 0 Å². The highest BCUT2D eigenvalue weighted by atomic mass is 19.1. The molecule has 0 aliphatic carbocycles. The number of nitrogens with zero attached hydrogens (tertiary/aromatic N) is 2. The van der Waals surface area contributed by atoms with Gasteiger partial charge in [0.1, 0.15) is 34.6 Å². The Labute approximate surface area is 157 Å². The minimum Gasteiger partial charge on any atom is -0.465 e. The normalized spacial score (nSPS) is 10.4. The minimum atomic E-state index is -1.13. The highest BCUT2D eigenvalue weighted by Crippen LogP contribution is 2.27. The lowest BCUT2D eigenvalue weighted by Gasteiger charge is -2.09. The summed E-state index contributed by atoms with van der Waals surface area (Å²) in [4.78, 5) is 24.3. The molecule has 0 saturated heterocycles. The molecule has 0 fully saturated rings. The van der Waals surface area contributed by atoms with Crippen molar-refractivity contribution in [1.82, 2.24) is 4.57 Å². The Morgan fingerprint density at radius 3 is 2.50 bits per heavy atom. The molecule has 0 spiro atoms. The summed E-state index contributed by atoms with van der Waals surface area (Å²) in [5.74, 6) is -3.84. The number of esters is 1. The number of aromatic nitrogens is 1. The second-order valence-electron chi connectivity index (χ2n) is 5.67. The van der Waals surface area contributed by atoms with E-state index in [9.17, 15) is 23.6 Å². The van der Waals surface area contributed by atoms with E-state index in [4.69, 9.17) is 4.42 Å². The van der Waals surface area contributed by atoms with Crippen LogP contribution in [-0.2, 0) is 4.74 Å². The number of rotatable bonds is 4.